The lowest BCUT2D eigenvalue weighted by Gasteiger charge is -2.07. The Morgan fingerprint density at radius 1 is 1.17 bits per heavy atom. The average Bonchev–Trinajstić information content (AvgIpc) is 2.28. The molecule has 1 aromatic heterocycles. The van der Waals surface area contributed by atoms with Gasteiger partial charge in [0, 0.05) is 6.20 Å². The van der Waals surface area contributed by atoms with Crippen LogP contribution in [0.25, 0.3) is 0 Å². The highest BCUT2D eigenvalue weighted by atomic mass is 79.9. The largest absolute Gasteiger partial charge is 0.328 e. The van der Waals surface area contributed by atoms with E-state index in [2.05, 4.69) is 27.0 Å². The summed E-state index contributed by atoms with van der Waals surface area (Å²) in [6.07, 6.45) is 1.36. The van der Waals surface area contributed by atoms with E-state index in [0.29, 0.717) is 4.47 Å². The molecule has 0 aliphatic rings. The number of H-pyrrole nitrogens is 1. The Morgan fingerprint density at radius 3 is 2.39 bits per heavy atom. The summed E-state index contributed by atoms with van der Waals surface area (Å²) in [4.78, 5) is 26.0. The van der Waals surface area contributed by atoms with Gasteiger partial charge in [-0.2, -0.15) is 0 Å². The highest BCUT2D eigenvalue weighted by molar-refractivity contribution is 9.10. The van der Waals surface area contributed by atoms with Crippen molar-refractivity contribution in [2.45, 2.75) is 20.4 Å². The van der Waals surface area contributed by atoms with Crippen LogP contribution in [0, 0.1) is 13.8 Å². The molecule has 0 aliphatic heterocycles. The van der Waals surface area contributed by atoms with Gasteiger partial charge in [0.15, 0.2) is 0 Å². The molecule has 0 fully saturated rings. The first-order valence-electron chi connectivity index (χ1n) is 5.52. The molecular formula is C13H13BrN2O2. The van der Waals surface area contributed by atoms with Crippen molar-refractivity contribution < 1.29 is 0 Å². The molecule has 0 aliphatic carbocycles. The van der Waals surface area contributed by atoms with E-state index < -0.39 is 5.69 Å². The van der Waals surface area contributed by atoms with Gasteiger partial charge in [-0.3, -0.25) is 9.36 Å². The zero-order valence-electron chi connectivity index (χ0n) is 10.2. The summed E-state index contributed by atoms with van der Waals surface area (Å²) >= 11 is 3.12. The number of hydrogen-bond acceptors (Lipinski definition) is 2. The average molecular weight is 309 g/mol. The molecule has 18 heavy (non-hydrogen) atoms. The second kappa shape index (κ2) is 4.94. The van der Waals surface area contributed by atoms with Gasteiger partial charge in [-0.25, -0.2) is 4.79 Å². The van der Waals surface area contributed by atoms with Crippen molar-refractivity contribution in [2.75, 3.05) is 0 Å². The molecule has 0 amide bonds. The van der Waals surface area contributed by atoms with Gasteiger partial charge in [0.1, 0.15) is 0 Å². The van der Waals surface area contributed by atoms with Crippen LogP contribution in [0.15, 0.2) is 38.5 Å². The first kappa shape index (κ1) is 12.8. The summed E-state index contributed by atoms with van der Waals surface area (Å²) < 4.78 is 1.53. The maximum Gasteiger partial charge on any atom is 0.328 e. The molecule has 0 spiro atoms. The molecule has 0 bridgehead atoms. The lowest BCUT2D eigenvalue weighted by molar-refractivity contribution is 0.693. The molecule has 0 saturated carbocycles. The second-order valence-corrected chi connectivity index (χ2v) is 5.18. The van der Waals surface area contributed by atoms with Crippen molar-refractivity contribution in [1.82, 2.24) is 9.55 Å². The van der Waals surface area contributed by atoms with Crippen LogP contribution in [-0.4, -0.2) is 9.55 Å². The van der Waals surface area contributed by atoms with Crippen LogP contribution in [0.2, 0.25) is 0 Å². The van der Waals surface area contributed by atoms with Gasteiger partial charge < -0.3 is 4.98 Å². The Morgan fingerprint density at radius 2 is 1.78 bits per heavy atom. The number of aromatic nitrogens is 2. The number of aryl methyl sites for hydroxylation is 2. The SMILES string of the molecule is Cc1cc(C)cc(Cn2c(=O)[nH]cc(Br)c2=O)c1. The summed E-state index contributed by atoms with van der Waals surface area (Å²) in [7, 11) is 0. The minimum atomic E-state index is -0.401. The zero-order chi connectivity index (χ0) is 13.3. The van der Waals surface area contributed by atoms with E-state index in [0.717, 1.165) is 16.7 Å². The molecule has 0 radical (unpaired) electrons. The summed E-state index contributed by atoms with van der Waals surface area (Å²) in [5.74, 6) is 0. The topological polar surface area (TPSA) is 54.9 Å². The molecule has 0 saturated heterocycles. The van der Waals surface area contributed by atoms with Gasteiger partial charge in [-0.15, -0.1) is 0 Å². The number of nitrogens with zero attached hydrogens (tertiary/aromatic N) is 1. The van der Waals surface area contributed by atoms with Gasteiger partial charge in [0.2, 0.25) is 0 Å². The Labute approximate surface area is 112 Å². The molecule has 1 N–H and O–H groups in total. The van der Waals surface area contributed by atoms with Crippen molar-refractivity contribution >= 4 is 15.9 Å². The van der Waals surface area contributed by atoms with E-state index in [9.17, 15) is 9.59 Å². The Kier molecular flexibility index (Phi) is 3.52. The molecule has 5 heteroatoms. The minimum absolute atomic E-state index is 0.274. The number of benzene rings is 1. The van der Waals surface area contributed by atoms with E-state index in [1.807, 2.05) is 26.0 Å². The third-order valence-corrected chi connectivity index (χ3v) is 3.21. The maximum absolute atomic E-state index is 11.9. The van der Waals surface area contributed by atoms with Gasteiger partial charge in [-0.1, -0.05) is 29.3 Å². The van der Waals surface area contributed by atoms with Crippen LogP contribution in [0.4, 0.5) is 0 Å². The van der Waals surface area contributed by atoms with E-state index in [-0.39, 0.29) is 12.1 Å². The first-order valence-corrected chi connectivity index (χ1v) is 6.32. The summed E-state index contributed by atoms with van der Waals surface area (Å²) in [5.41, 5.74) is 2.45. The predicted molar refractivity (Wildman–Crippen MR) is 74.0 cm³/mol. The molecule has 94 valence electrons. The highest BCUT2D eigenvalue weighted by Crippen LogP contribution is 2.09. The quantitative estimate of drug-likeness (QED) is 0.922. The van der Waals surface area contributed by atoms with Crippen molar-refractivity contribution in [1.29, 1.82) is 0 Å². The molecule has 4 nitrogen and oxygen atoms in total. The fraction of sp³-hybridized carbons (Fsp3) is 0.231. The highest BCUT2D eigenvalue weighted by Gasteiger charge is 2.06. The van der Waals surface area contributed by atoms with E-state index >= 15 is 0 Å². The van der Waals surface area contributed by atoms with Crippen molar-refractivity contribution in [3.05, 3.63) is 66.4 Å². The zero-order valence-corrected chi connectivity index (χ0v) is 11.7. The fourth-order valence-corrected chi connectivity index (χ4v) is 2.30. The molecule has 2 rings (SSSR count). The number of rotatable bonds is 2. The Hall–Kier alpha value is -1.62. The molecule has 1 heterocycles. The van der Waals surface area contributed by atoms with Crippen LogP contribution in [0.3, 0.4) is 0 Å². The van der Waals surface area contributed by atoms with E-state index in [1.165, 1.54) is 10.8 Å². The second-order valence-electron chi connectivity index (χ2n) is 4.33. The third-order valence-electron chi connectivity index (χ3n) is 2.64. The lowest BCUT2D eigenvalue weighted by atomic mass is 10.1. The van der Waals surface area contributed by atoms with Crippen LogP contribution >= 0.6 is 15.9 Å². The maximum atomic E-state index is 11.9. The van der Waals surface area contributed by atoms with Gasteiger partial charge in [-0.05, 0) is 35.3 Å². The van der Waals surface area contributed by atoms with Crippen LogP contribution in [0.1, 0.15) is 16.7 Å². The Bertz CT molecular complexity index is 681. The predicted octanol–water partition coefficient (Wildman–Crippen LogP) is 1.96. The number of halogens is 1. The molecule has 0 atom stereocenters. The summed E-state index contributed by atoms with van der Waals surface area (Å²) in [6.45, 7) is 4.25. The third kappa shape index (κ3) is 2.61. The molecule has 0 unspecified atom stereocenters. The number of aromatic amines is 1. The minimum Gasteiger partial charge on any atom is -0.313 e. The lowest BCUT2D eigenvalue weighted by Crippen LogP contribution is -2.35. The van der Waals surface area contributed by atoms with Gasteiger partial charge in [0.25, 0.3) is 5.56 Å². The monoisotopic (exact) mass is 308 g/mol. The smallest absolute Gasteiger partial charge is 0.313 e. The molecular weight excluding hydrogens is 296 g/mol. The van der Waals surface area contributed by atoms with Gasteiger partial charge in [0.05, 0.1) is 11.0 Å². The van der Waals surface area contributed by atoms with Crippen molar-refractivity contribution in [2.24, 2.45) is 0 Å². The van der Waals surface area contributed by atoms with Crippen LogP contribution < -0.4 is 11.2 Å². The molecule has 1 aromatic carbocycles. The summed E-state index contributed by atoms with van der Waals surface area (Å²) in [5, 5.41) is 0. The van der Waals surface area contributed by atoms with Crippen molar-refractivity contribution in [3.63, 3.8) is 0 Å². The van der Waals surface area contributed by atoms with Crippen LogP contribution in [-0.2, 0) is 6.54 Å². The number of hydrogen-bond donors (Lipinski definition) is 1. The summed E-state index contributed by atoms with van der Waals surface area (Å²) in [6, 6.07) is 6.00. The fourth-order valence-electron chi connectivity index (χ4n) is 1.97. The standard InChI is InChI=1S/C13H13BrN2O2/c1-8-3-9(2)5-10(4-8)7-16-12(17)11(14)6-15-13(16)18/h3-6H,7H2,1-2H3,(H,15,18). The van der Waals surface area contributed by atoms with Crippen molar-refractivity contribution in [3.8, 4) is 0 Å². The van der Waals surface area contributed by atoms with Crippen LogP contribution in [0.5, 0.6) is 0 Å². The normalized spacial score (nSPS) is 10.6. The molecule has 2 aromatic rings. The van der Waals surface area contributed by atoms with E-state index in [1.54, 1.807) is 0 Å². The van der Waals surface area contributed by atoms with E-state index in [4.69, 9.17) is 0 Å². The first-order chi connectivity index (χ1) is 8.47. The number of nitrogens with one attached hydrogen (secondary N) is 1. The van der Waals surface area contributed by atoms with Gasteiger partial charge >= 0.3 is 5.69 Å². The Balaban J connectivity index is 2.49.